The molecular weight excluding hydrogens is 364 g/mol. The van der Waals surface area contributed by atoms with Crippen LogP contribution in [-0.2, 0) is 16.6 Å². The average Bonchev–Trinajstić information content (AvgIpc) is 3.22. The normalized spacial score (nSPS) is 10.7. The van der Waals surface area contributed by atoms with E-state index in [1.807, 2.05) is 38.1 Å². The van der Waals surface area contributed by atoms with Crippen LogP contribution in [0.25, 0.3) is 10.6 Å². The van der Waals surface area contributed by atoms with E-state index < -0.39 is 11.9 Å². The molecule has 3 rings (SSSR count). The maximum atomic E-state index is 12.2. The lowest BCUT2D eigenvalue weighted by molar-refractivity contribution is -0.119. The third-order valence-corrected chi connectivity index (χ3v) is 5.01. The number of nitrogens with zero attached hydrogens (tertiary/aromatic N) is 3. The minimum atomic E-state index is -0.626. The Labute approximate surface area is 161 Å². The van der Waals surface area contributed by atoms with Crippen LogP contribution in [0.4, 0.5) is 5.69 Å². The smallest absolute Gasteiger partial charge is 0.358 e. The molecule has 1 N–H and O–H groups in total. The summed E-state index contributed by atoms with van der Waals surface area (Å²) in [6.45, 7) is 5.28. The number of anilines is 1. The van der Waals surface area contributed by atoms with E-state index in [9.17, 15) is 9.59 Å². The molecule has 1 aromatic carbocycles. The van der Waals surface area contributed by atoms with Gasteiger partial charge in [-0.05, 0) is 20.8 Å². The number of aromatic nitrogens is 3. The zero-order valence-corrected chi connectivity index (χ0v) is 16.4. The summed E-state index contributed by atoms with van der Waals surface area (Å²) in [6, 6.07) is 7.88. The number of esters is 1. The molecule has 0 unspecified atom stereocenters. The Hall–Kier alpha value is -3.00. The van der Waals surface area contributed by atoms with Gasteiger partial charge in [0.25, 0.3) is 5.91 Å². The molecule has 0 aliphatic heterocycles. The first-order valence-corrected chi connectivity index (χ1v) is 9.23. The van der Waals surface area contributed by atoms with E-state index in [0.29, 0.717) is 11.4 Å². The number of thiazole rings is 1. The molecule has 140 valence electrons. The Balaban J connectivity index is 1.59. The van der Waals surface area contributed by atoms with Crippen molar-refractivity contribution < 1.29 is 14.3 Å². The molecule has 0 radical (unpaired) electrons. The molecular formula is C19H20N4O3S. The molecule has 8 heteroatoms. The van der Waals surface area contributed by atoms with Gasteiger partial charge >= 0.3 is 5.97 Å². The van der Waals surface area contributed by atoms with E-state index >= 15 is 0 Å². The zero-order chi connectivity index (χ0) is 19.6. The Morgan fingerprint density at radius 3 is 2.52 bits per heavy atom. The summed E-state index contributed by atoms with van der Waals surface area (Å²) >= 11 is 1.36. The van der Waals surface area contributed by atoms with Gasteiger partial charge in [-0.3, -0.25) is 9.48 Å². The van der Waals surface area contributed by atoms with Crippen LogP contribution < -0.4 is 5.32 Å². The van der Waals surface area contributed by atoms with Crippen LogP contribution in [0.15, 0.2) is 29.6 Å². The van der Waals surface area contributed by atoms with Crippen molar-refractivity contribution in [2.24, 2.45) is 7.05 Å². The molecule has 0 aliphatic rings. The lowest BCUT2D eigenvalue weighted by Crippen LogP contribution is -2.21. The summed E-state index contributed by atoms with van der Waals surface area (Å²) in [5.74, 6) is -1.05. The predicted molar refractivity (Wildman–Crippen MR) is 104 cm³/mol. The van der Waals surface area contributed by atoms with Gasteiger partial charge in [-0.15, -0.1) is 11.3 Å². The van der Waals surface area contributed by atoms with Crippen LogP contribution >= 0.6 is 11.3 Å². The van der Waals surface area contributed by atoms with E-state index in [4.69, 9.17) is 4.74 Å². The van der Waals surface area contributed by atoms with Gasteiger partial charge in [0.1, 0.15) is 5.01 Å². The van der Waals surface area contributed by atoms with Crippen LogP contribution in [-0.4, -0.2) is 33.2 Å². The molecule has 1 amide bonds. The van der Waals surface area contributed by atoms with Crippen molar-refractivity contribution in [2.75, 3.05) is 11.9 Å². The summed E-state index contributed by atoms with van der Waals surface area (Å²) in [6.07, 6.45) is 0. The monoisotopic (exact) mass is 384 g/mol. The molecule has 7 nitrogen and oxygen atoms in total. The Morgan fingerprint density at radius 2 is 1.89 bits per heavy atom. The van der Waals surface area contributed by atoms with E-state index in [1.165, 1.54) is 11.3 Å². The second-order valence-electron chi connectivity index (χ2n) is 6.20. The first kappa shape index (κ1) is 18.8. The number of hydrogen-bond donors (Lipinski definition) is 1. The molecule has 0 atom stereocenters. The number of aryl methyl sites for hydroxylation is 3. The Bertz CT molecular complexity index is 989. The standard InChI is InChI=1S/C19H20N4O3S/c1-11-5-7-14(8-6-11)18-20-15(10-27-18)19(25)26-9-16(24)21-17-12(2)22-23(4)13(17)3/h5-8,10H,9H2,1-4H3,(H,21,24). The van der Waals surface area contributed by atoms with Gasteiger partial charge in [-0.2, -0.15) is 5.10 Å². The van der Waals surface area contributed by atoms with Crippen LogP contribution in [0, 0.1) is 20.8 Å². The maximum absolute atomic E-state index is 12.2. The van der Waals surface area contributed by atoms with Crippen LogP contribution in [0.1, 0.15) is 27.4 Å². The van der Waals surface area contributed by atoms with Gasteiger partial charge < -0.3 is 10.1 Å². The summed E-state index contributed by atoms with van der Waals surface area (Å²) in [5.41, 5.74) is 4.45. The first-order valence-electron chi connectivity index (χ1n) is 8.35. The van der Waals surface area contributed by atoms with E-state index in [2.05, 4.69) is 15.4 Å². The number of carbonyl (C=O) groups is 2. The number of hydrogen-bond acceptors (Lipinski definition) is 6. The molecule has 0 spiro atoms. The number of rotatable bonds is 5. The summed E-state index contributed by atoms with van der Waals surface area (Å²) < 4.78 is 6.76. The van der Waals surface area contributed by atoms with E-state index in [1.54, 1.807) is 24.0 Å². The van der Waals surface area contributed by atoms with Crippen LogP contribution in [0.2, 0.25) is 0 Å². The highest BCUT2D eigenvalue weighted by atomic mass is 32.1. The fourth-order valence-electron chi connectivity index (χ4n) is 2.53. The third-order valence-electron chi connectivity index (χ3n) is 4.12. The van der Waals surface area contributed by atoms with Crippen LogP contribution in [0.5, 0.6) is 0 Å². The van der Waals surface area contributed by atoms with Gasteiger partial charge in [0.15, 0.2) is 12.3 Å². The molecule has 2 aromatic heterocycles. The fraction of sp³-hybridized carbons (Fsp3) is 0.263. The second kappa shape index (κ2) is 7.71. The van der Waals surface area contributed by atoms with Crippen molar-refractivity contribution >= 4 is 28.9 Å². The average molecular weight is 384 g/mol. The van der Waals surface area contributed by atoms with Crippen molar-refractivity contribution in [3.05, 3.63) is 52.3 Å². The van der Waals surface area contributed by atoms with Crippen molar-refractivity contribution in [1.29, 1.82) is 0 Å². The zero-order valence-electron chi connectivity index (χ0n) is 15.6. The lowest BCUT2D eigenvalue weighted by Gasteiger charge is -2.06. The summed E-state index contributed by atoms with van der Waals surface area (Å²) in [4.78, 5) is 28.5. The minimum absolute atomic E-state index is 0.192. The highest BCUT2D eigenvalue weighted by Crippen LogP contribution is 2.24. The number of amides is 1. The Morgan fingerprint density at radius 1 is 1.19 bits per heavy atom. The largest absolute Gasteiger partial charge is 0.451 e. The maximum Gasteiger partial charge on any atom is 0.358 e. The first-order chi connectivity index (χ1) is 12.8. The van der Waals surface area contributed by atoms with Crippen molar-refractivity contribution in [2.45, 2.75) is 20.8 Å². The van der Waals surface area contributed by atoms with Crippen molar-refractivity contribution in [3.63, 3.8) is 0 Å². The van der Waals surface area contributed by atoms with Crippen LogP contribution in [0.3, 0.4) is 0 Å². The van der Waals surface area contributed by atoms with Gasteiger partial charge in [-0.1, -0.05) is 29.8 Å². The Kier molecular flexibility index (Phi) is 5.36. The van der Waals surface area contributed by atoms with Gasteiger partial charge in [0.05, 0.1) is 17.1 Å². The molecule has 2 heterocycles. The minimum Gasteiger partial charge on any atom is -0.451 e. The predicted octanol–water partition coefficient (Wildman–Crippen LogP) is 3.26. The lowest BCUT2D eigenvalue weighted by atomic mass is 10.2. The quantitative estimate of drug-likeness (QED) is 0.683. The molecule has 3 aromatic rings. The van der Waals surface area contributed by atoms with E-state index in [-0.39, 0.29) is 12.3 Å². The molecule has 0 fully saturated rings. The fourth-order valence-corrected chi connectivity index (χ4v) is 3.33. The number of benzene rings is 1. The van der Waals surface area contributed by atoms with Gasteiger partial charge in [0, 0.05) is 18.0 Å². The number of carbonyl (C=O) groups excluding carboxylic acids is 2. The van der Waals surface area contributed by atoms with Gasteiger partial charge in [-0.25, -0.2) is 9.78 Å². The molecule has 0 saturated carbocycles. The van der Waals surface area contributed by atoms with Crippen molar-refractivity contribution in [1.82, 2.24) is 14.8 Å². The molecule has 0 aliphatic carbocycles. The van der Waals surface area contributed by atoms with Gasteiger partial charge in [0.2, 0.25) is 0 Å². The highest BCUT2D eigenvalue weighted by molar-refractivity contribution is 7.13. The van der Waals surface area contributed by atoms with Crippen molar-refractivity contribution in [3.8, 4) is 10.6 Å². The molecule has 0 bridgehead atoms. The number of ether oxygens (including phenoxy) is 1. The SMILES string of the molecule is Cc1ccc(-c2nc(C(=O)OCC(=O)Nc3c(C)nn(C)c3C)cs2)cc1. The van der Waals surface area contributed by atoms with E-state index in [0.717, 1.165) is 21.8 Å². The highest BCUT2D eigenvalue weighted by Gasteiger charge is 2.17. The molecule has 0 saturated heterocycles. The second-order valence-corrected chi connectivity index (χ2v) is 7.06. The number of nitrogens with one attached hydrogen (secondary N) is 1. The molecule has 27 heavy (non-hydrogen) atoms. The summed E-state index contributed by atoms with van der Waals surface area (Å²) in [5, 5.41) is 9.31. The third kappa shape index (κ3) is 4.22. The topological polar surface area (TPSA) is 86.1 Å². The summed E-state index contributed by atoms with van der Waals surface area (Å²) in [7, 11) is 1.80.